The van der Waals surface area contributed by atoms with Crippen molar-refractivity contribution in [2.45, 2.75) is 5.16 Å². The van der Waals surface area contributed by atoms with Crippen molar-refractivity contribution in [3.63, 3.8) is 0 Å². The molecular weight excluding hydrogens is 581 g/mol. The maximum atomic E-state index is 12.6. The molecule has 0 atom stereocenters. The van der Waals surface area contributed by atoms with Gasteiger partial charge in [0.2, 0.25) is 5.91 Å². The average molecular weight is 601 g/mol. The number of benzene rings is 3. The lowest BCUT2D eigenvalue weighted by Gasteiger charge is -2.15. The van der Waals surface area contributed by atoms with Crippen LogP contribution in [0.25, 0.3) is 17.0 Å². The van der Waals surface area contributed by atoms with Crippen LogP contribution in [0.4, 0.5) is 17.2 Å². The second-order valence-corrected chi connectivity index (χ2v) is 10.1. The van der Waals surface area contributed by atoms with Gasteiger partial charge >= 0.3 is 0 Å². The van der Waals surface area contributed by atoms with Crippen molar-refractivity contribution < 1.29 is 14.3 Å². The molecule has 0 bridgehead atoms. The van der Waals surface area contributed by atoms with Crippen LogP contribution in [-0.4, -0.2) is 35.8 Å². The number of nitrogens with zero attached hydrogens (tertiary/aromatic N) is 3. The maximum absolute atomic E-state index is 12.6. The maximum Gasteiger partial charge on any atom is 0.234 e. The Morgan fingerprint density at radius 1 is 1.05 bits per heavy atom. The zero-order valence-corrected chi connectivity index (χ0v) is 23.7. The number of rotatable bonds is 9. The van der Waals surface area contributed by atoms with Crippen LogP contribution in [0.5, 0.6) is 11.5 Å². The van der Waals surface area contributed by atoms with E-state index in [1.165, 1.54) is 20.3 Å². The Bertz CT molecular complexity index is 1600. The van der Waals surface area contributed by atoms with Crippen LogP contribution in [0.1, 0.15) is 5.56 Å². The minimum atomic E-state index is -0.250. The summed E-state index contributed by atoms with van der Waals surface area (Å²) in [5.74, 6) is 1.15. The molecule has 4 rings (SSSR count). The number of methoxy groups -OCH3 is 2. The summed E-state index contributed by atoms with van der Waals surface area (Å²) in [5, 5.41) is 16.9. The van der Waals surface area contributed by atoms with Gasteiger partial charge in [0.1, 0.15) is 5.82 Å². The molecule has 0 saturated heterocycles. The number of hydrogen-bond acceptors (Lipinski definition) is 8. The van der Waals surface area contributed by atoms with Crippen molar-refractivity contribution in [3.05, 3.63) is 75.2 Å². The molecule has 0 spiro atoms. The molecule has 0 saturated carbocycles. The molecule has 3 aromatic carbocycles. The second kappa shape index (κ2) is 12.9. The first-order chi connectivity index (χ1) is 18.8. The predicted octanol–water partition coefficient (Wildman–Crippen LogP) is 7.62. The first kappa shape index (κ1) is 28.3. The number of amides is 1. The molecule has 0 unspecified atom stereocenters. The number of aromatic nitrogens is 2. The summed E-state index contributed by atoms with van der Waals surface area (Å²) in [4.78, 5) is 21.8. The zero-order chi connectivity index (χ0) is 27.9. The summed E-state index contributed by atoms with van der Waals surface area (Å²) in [6.45, 7) is 0. The van der Waals surface area contributed by atoms with E-state index in [-0.39, 0.29) is 11.7 Å². The molecule has 0 aliphatic heterocycles. The molecule has 8 nitrogen and oxygen atoms in total. The normalized spacial score (nSPS) is 10.9. The number of fused-ring (bicyclic) bond motifs is 1. The highest BCUT2D eigenvalue weighted by Gasteiger charge is 2.17. The molecular formula is C27H20Cl3N5O3S. The monoisotopic (exact) mass is 599 g/mol. The molecule has 0 aliphatic rings. The van der Waals surface area contributed by atoms with Crippen molar-refractivity contribution >= 4 is 86.6 Å². The van der Waals surface area contributed by atoms with Crippen LogP contribution in [0.2, 0.25) is 15.1 Å². The number of ether oxygens (including phenoxy) is 2. The fraction of sp³-hybridized carbons (Fsp3) is 0.111. The minimum Gasteiger partial charge on any atom is -0.493 e. The number of thioether (sulfide) groups is 1. The molecule has 12 heteroatoms. The van der Waals surface area contributed by atoms with Crippen LogP contribution in [0.3, 0.4) is 0 Å². The number of anilines is 3. The topological polar surface area (TPSA) is 109 Å². The minimum absolute atomic E-state index is 0.0478. The van der Waals surface area contributed by atoms with E-state index in [0.717, 1.165) is 11.8 Å². The largest absolute Gasteiger partial charge is 0.493 e. The lowest BCUT2D eigenvalue weighted by molar-refractivity contribution is -0.113. The Morgan fingerprint density at radius 2 is 1.77 bits per heavy atom. The molecule has 39 heavy (non-hydrogen) atoms. The SMILES string of the molecule is COc1cc2nc(SCC(=O)Nc3cccc(Cl)c3)nc(Nc3c(Cl)cc(/C=C/C#N)cc3Cl)c2cc1OC. The first-order valence-electron chi connectivity index (χ1n) is 11.3. The predicted molar refractivity (Wildman–Crippen MR) is 158 cm³/mol. The van der Waals surface area contributed by atoms with Crippen LogP contribution >= 0.6 is 46.6 Å². The number of carbonyl (C=O) groups is 1. The standard InChI is InChI=1S/C27H20Cl3N5O3S/c1-37-22-12-18-21(13-23(22)38-2)33-27(39-14-24(36)32-17-7-3-6-16(28)11-17)35-26(18)34-25-19(29)9-15(5-4-8-31)10-20(25)30/h3-7,9-13H,14H2,1-2H3,(H,32,36)(H,33,34,35)/b5-4+. The van der Waals surface area contributed by atoms with E-state index in [4.69, 9.17) is 49.5 Å². The molecule has 1 heterocycles. The molecule has 1 aromatic heterocycles. The van der Waals surface area contributed by atoms with E-state index < -0.39 is 0 Å². The number of nitriles is 1. The fourth-order valence-corrected chi connectivity index (χ4v) is 4.99. The summed E-state index contributed by atoms with van der Waals surface area (Å²) < 4.78 is 10.9. The van der Waals surface area contributed by atoms with Crippen molar-refractivity contribution in [1.82, 2.24) is 9.97 Å². The quantitative estimate of drug-likeness (QED) is 0.115. The van der Waals surface area contributed by atoms with E-state index in [0.29, 0.717) is 65.4 Å². The van der Waals surface area contributed by atoms with Crippen molar-refractivity contribution in [2.75, 3.05) is 30.6 Å². The van der Waals surface area contributed by atoms with E-state index in [9.17, 15) is 4.79 Å². The highest BCUT2D eigenvalue weighted by Crippen LogP contribution is 2.39. The molecule has 0 aliphatic carbocycles. The van der Waals surface area contributed by atoms with E-state index >= 15 is 0 Å². The van der Waals surface area contributed by atoms with Crippen LogP contribution < -0.4 is 20.1 Å². The third-order valence-electron chi connectivity index (χ3n) is 5.28. The van der Waals surface area contributed by atoms with Crippen LogP contribution in [0.15, 0.2) is 59.8 Å². The van der Waals surface area contributed by atoms with Gasteiger partial charge in [-0.05, 0) is 48.0 Å². The Hall–Kier alpha value is -3.68. The van der Waals surface area contributed by atoms with Gasteiger partial charge in [-0.1, -0.05) is 52.6 Å². The zero-order valence-electron chi connectivity index (χ0n) is 20.6. The lowest BCUT2D eigenvalue weighted by atomic mass is 10.1. The average Bonchev–Trinajstić information content (AvgIpc) is 2.91. The van der Waals surface area contributed by atoms with Gasteiger partial charge in [-0.15, -0.1) is 0 Å². The van der Waals surface area contributed by atoms with E-state index in [1.54, 1.807) is 54.6 Å². The van der Waals surface area contributed by atoms with Gasteiger partial charge in [0.25, 0.3) is 0 Å². The Morgan fingerprint density at radius 3 is 2.44 bits per heavy atom. The molecule has 198 valence electrons. The van der Waals surface area contributed by atoms with Gasteiger partial charge in [0.15, 0.2) is 16.7 Å². The smallest absolute Gasteiger partial charge is 0.234 e. The molecule has 2 N–H and O–H groups in total. The van der Waals surface area contributed by atoms with Crippen molar-refractivity contribution in [2.24, 2.45) is 0 Å². The van der Waals surface area contributed by atoms with E-state index in [2.05, 4.69) is 20.6 Å². The fourth-order valence-electron chi connectivity index (χ4n) is 3.55. The lowest BCUT2D eigenvalue weighted by Crippen LogP contribution is -2.14. The Labute approximate surface area is 243 Å². The molecule has 0 radical (unpaired) electrons. The Kier molecular flexibility index (Phi) is 9.38. The second-order valence-electron chi connectivity index (χ2n) is 7.87. The summed E-state index contributed by atoms with van der Waals surface area (Å²) in [6, 6.07) is 15.6. The number of nitrogens with one attached hydrogen (secondary N) is 2. The third-order valence-corrected chi connectivity index (χ3v) is 6.96. The summed E-state index contributed by atoms with van der Waals surface area (Å²) >= 11 is 20.2. The van der Waals surface area contributed by atoms with Crippen LogP contribution in [-0.2, 0) is 4.79 Å². The number of allylic oxidation sites excluding steroid dienone is 1. The highest BCUT2D eigenvalue weighted by atomic mass is 35.5. The first-order valence-corrected chi connectivity index (χ1v) is 13.4. The highest BCUT2D eigenvalue weighted by molar-refractivity contribution is 7.99. The summed E-state index contributed by atoms with van der Waals surface area (Å²) in [7, 11) is 3.06. The molecule has 4 aromatic rings. The number of carbonyl (C=O) groups excluding carboxylic acids is 1. The van der Waals surface area contributed by atoms with Crippen molar-refractivity contribution in [1.29, 1.82) is 5.26 Å². The third kappa shape index (κ3) is 7.05. The molecule has 1 amide bonds. The Balaban J connectivity index is 1.69. The number of halogens is 3. The number of hydrogen-bond donors (Lipinski definition) is 2. The van der Waals surface area contributed by atoms with Gasteiger partial charge in [-0.2, -0.15) is 5.26 Å². The van der Waals surface area contributed by atoms with Gasteiger partial charge < -0.3 is 20.1 Å². The van der Waals surface area contributed by atoms with Gasteiger partial charge in [-0.3, -0.25) is 4.79 Å². The molecule has 0 fully saturated rings. The van der Waals surface area contributed by atoms with Crippen molar-refractivity contribution in [3.8, 4) is 17.6 Å². The van der Waals surface area contributed by atoms with Gasteiger partial charge in [0.05, 0.1) is 47.3 Å². The summed E-state index contributed by atoms with van der Waals surface area (Å²) in [5.41, 5.74) is 2.21. The summed E-state index contributed by atoms with van der Waals surface area (Å²) in [6.07, 6.45) is 2.93. The van der Waals surface area contributed by atoms with Crippen LogP contribution in [0, 0.1) is 11.3 Å². The van der Waals surface area contributed by atoms with Gasteiger partial charge in [-0.25, -0.2) is 9.97 Å². The van der Waals surface area contributed by atoms with Gasteiger partial charge in [0, 0.05) is 28.2 Å². The van der Waals surface area contributed by atoms with E-state index in [1.807, 2.05) is 6.07 Å².